The van der Waals surface area contributed by atoms with Gasteiger partial charge in [-0.15, -0.1) is 0 Å². The molecule has 0 bridgehead atoms. The topological polar surface area (TPSA) is 76.5 Å². The summed E-state index contributed by atoms with van der Waals surface area (Å²) in [6.45, 7) is 1.75. The van der Waals surface area contributed by atoms with Crippen molar-refractivity contribution in [3.63, 3.8) is 0 Å². The molecule has 0 aliphatic rings. The monoisotopic (exact) mass is 427 g/mol. The summed E-state index contributed by atoms with van der Waals surface area (Å²) in [5.74, 6) is -0.436. The average molecular weight is 428 g/mol. The van der Waals surface area contributed by atoms with E-state index in [1.807, 2.05) is 54.6 Å². The third-order valence-corrected chi connectivity index (χ3v) is 4.54. The van der Waals surface area contributed by atoms with Gasteiger partial charge in [0.2, 0.25) is 0 Å². The van der Waals surface area contributed by atoms with Crippen LogP contribution in [-0.2, 0) is 16.0 Å². The maximum absolute atomic E-state index is 13.0. The molecule has 6 nitrogen and oxygen atoms in total. The van der Waals surface area contributed by atoms with E-state index in [0.717, 1.165) is 4.47 Å². The van der Waals surface area contributed by atoms with E-state index in [9.17, 15) is 9.59 Å². The van der Waals surface area contributed by atoms with Gasteiger partial charge in [-0.2, -0.15) is 0 Å². The van der Waals surface area contributed by atoms with Crippen molar-refractivity contribution in [3.8, 4) is 5.69 Å². The zero-order valence-electron chi connectivity index (χ0n) is 14.9. The number of aromatic nitrogens is 2. The number of hydrogen-bond acceptors (Lipinski definition) is 4. The van der Waals surface area contributed by atoms with Crippen molar-refractivity contribution < 1.29 is 9.53 Å². The molecular weight excluding hydrogens is 410 g/mol. The Morgan fingerprint density at radius 2 is 1.81 bits per heavy atom. The lowest BCUT2D eigenvalue weighted by Gasteiger charge is -2.02. The number of hydrogen-bond donors (Lipinski definition) is 1. The molecule has 1 aromatic heterocycles. The minimum Gasteiger partial charge on any atom is -0.469 e. The Morgan fingerprint density at radius 3 is 2.44 bits per heavy atom. The highest BCUT2D eigenvalue weighted by Crippen LogP contribution is 2.19. The van der Waals surface area contributed by atoms with Crippen molar-refractivity contribution in [2.24, 2.45) is 4.99 Å². The lowest BCUT2D eigenvalue weighted by atomic mass is 10.1. The second-order valence-corrected chi connectivity index (χ2v) is 6.78. The van der Waals surface area contributed by atoms with Crippen LogP contribution in [0.25, 0.3) is 5.69 Å². The van der Waals surface area contributed by atoms with Crippen molar-refractivity contribution in [2.75, 3.05) is 7.11 Å². The second-order valence-electron chi connectivity index (χ2n) is 5.87. The number of nitrogens with one attached hydrogen (secondary N) is 1. The predicted octanol–water partition coefficient (Wildman–Crippen LogP) is 3.78. The number of ether oxygens (including phenoxy) is 1. The van der Waals surface area contributed by atoms with E-state index in [1.54, 1.807) is 6.92 Å². The van der Waals surface area contributed by atoms with Crippen LogP contribution in [0.5, 0.6) is 0 Å². The number of esters is 1. The molecule has 0 unspecified atom stereocenters. The molecule has 0 radical (unpaired) electrons. The zero-order valence-corrected chi connectivity index (χ0v) is 16.5. The van der Waals surface area contributed by atoms with Crippen molar-refractivity contribution in [2.45, 2.75) is 13.3 Å². The fourth-order valence-electron chi connectivity index (χ4n) is 2.72. The normalized spacial score (nSPS) is 11.4. The van der Waals surface area contributed by atoms with Crippen molar-refractivity contribution in [3.05, 3.63) is 80.7 Å². The molecule has 0 saturated heterocycles. The molecule has 0 aliphatic carbocycles. The van der Waals surface area contributed by atoms with E-state index in [-0.39, 0.29) is 12.0 Å². The summed E-state index contributed by atoms with van der Waals surface area (Å²) in [7, 11) is 1.32. The van der Waals surface area contributed by atoms with Crippen LogP contribution in [0.4, 0.5) is 5.69 Å². The summed E-state index contributed by atoms with van der Waals surface area (Å²) >= 11 is 3.39. The van der Waals surface area contributed by atoms with Gasteiger partial charge in [0.25, 0.3) is 5.56 Å². The summed E-state index contributed by atoms with van der Waals surface area (Å²) in [5.41, 5.74) is 2.48. The van der Waals surface area contributed by atoms with Gasteiger partial charge in [-0.25, -0.2) is 4.68 Å². The van der Waals surface area contributed by atoms with Crippen molar-refractivity contribution in [1.82, 2.24) is 9.78 Å². The number of H-pyrrole nitrogens is 1. The standard InChI is InChI=1S/C20H18BrN3O3/c1-13(22-15-10-8-14(21)9-11-15)19-17(12-18(25)27-2)23-24(20(19)26)16-6-4-3-5-7-16/h3-11,23H,12H2,1-2H3. The molecule has 0 fully saturated rings. The fourth-order valence-corrected chi connectivity index (χ4v) is 2.99. The molecule has 0 amide bonds. The van der Waals surface area contributed by atoms with E-state index >= 15 is 0 Å². The van der Waals surface area contributed by atoms with Crippen LogP contribution in [0.3, 0.4) is 0 Å². The molecule has 0 atom stereocenters. The molecule has 0 aliphatic heterocycles. The number of methoxy groups -OCH3 is 1. The Morgan fingerprint density at radius 1 is 1.15 bits per heavy atom. The minimum absolute atomic E-state index is 0.0475. The number of aliphatic imine (C=N–C) groups is 1. The van der Waals surface area contributed by atoms with Gasteiger partial charge in [-0.3, -0.25) is 19.7 Å². The Labute approximate surface area is 164 Å². The fraction of sp³-hybridized carbons (Fsp3) is 0.150. The Bertz CT molecular complexity index is 1030. The average Bonchev–Trinajstić information content (AvgIpc) is 3.00. The first kappa shape index (κ1) is 18.8. The van der Waals surface area contributed by atoms with Crippen LogP contribution in [-0.4, -0.2) is 28.6 Å². The van der Waals surface area contributed by atoms with Gasteiger partial charge in [0.15, 0.2) is 0 Å². The van der Waals surface area contributed by atoms with Gasteiger partial charge >= 0.3 is 5.97 Å². The predicted molar refractivity (Wildman–Crippen MR) is 108 cm³/mol. The molecule has 27 heavy (non-hydrogen) atoms. The van der Waals surface area contributed by atoms with E-state index in [4.69, 9.17) is 4.74 Å². The summed E-state index contributed by atoms with van der Waals surface area (Å²) in [5, 5.41) is 3.02. The maximum Gasteiger partial charge on any atom is 0.311 e. The SMILES string of the molecule is COC(=O)Cc1[nH]n(-c2ccccc2)c(=O)c1C(C)=Nc1ccc(Br)cc1. The zero-order chi connectivity index (χ0) is 19.4. The molecule has 1 N–H and O–H groups in total. The molecule has 7 heteroatoms. The van der Waals surface area contributed by atoms with Gasteiger partial charge < -0.3 is 4.74 Å². The number of carbonyl (C=O) groups is 1. The molecule has 2 aromatic carbocycles. The Hall–Kier alpha value is -2.93. The molecule has 138 valence electrons. The second kappa shape index (κ2) is 8.18. The third kappa shape index (κ3) is 4.25. The van der Waals surface area contributed by atoms with Crippen LogP contribution in [0.2, 0.25) is 0 Å². The first-order valence-corrected chi connectivity index (χ1v) is 9.06. The van der Waals surface area contributed by atoms with E-state index in [2.05, 4.69) is 26.0 Å². The lowest BCUT2D eigenvalue weighted by Crippen LogP contribution is -2.20. The highest BCUT2D eigenvalue weighted by Gasteiger charge is 2.20. The van der Waals surface area contributed by atoms with E-state index in [1.165, 1.54) is 11.8 Å². The highest BCUT2D eigenvalue weighted by molar-refractivity contribution is 9.10. The number of aromatic amines is 1. The Kier molecular flexibility index (Phi) is 5.71. The first-order chi connectivity index (χ1) is 13.0. The number of rotatable bonds is 5. The number of nitrogens with zero attached hydrogens (tertiary/aromatic N) is 2. The van der Waals surface area contributed by atoms with Crippen LogP contribution >= 0.6 is 15.9 Å². The van der Waals surface area contributed by atoms with Crippen molar-refractivity contribution >= 4 is 33.3 Å². The molecule has 0 saturated carbocycles. The minimum atomic E-state index is -0.436. The molecule has 3 aromatic rings. The van der Waals surface area contributed by atoms with Gasteiger partial charge in [-0.1, -0.05) is 34.1 Å². The largest absolute Gasteiger partial charge is 0.469 e. The van der Waals surface area contributed by atoms with Gasteiger partial charge in [0.1, 0.15) is 0 Å². The van der Waals surface area contributed by atoms with Gasteiger partial charge in [-0.05, 0) is 43.3 Å². The summed E-state index contributed by atoms with van der Waals surface area (Å²) < 4.78 is 7.11. The number of halogens is 1. The summed E-state index contributed by atoms with van der Waals surface area (Å²) in [4.78, 5) is 29.4. The molecule has 3 rings (SSSR count). The smallest absolute Gasteiger partial charge is 0.311 e. The first-order valence-electron chi connectivity index (χ1n) is 8.27. The lowest BCUT2D eigenvalue weighted by molar-refractivity contribution is -0.139. The van der Waals surface area contributed by atoms with E-state index < -0.39 is 5.97 Å². The summed E-state index contributed by atoms with van der Waals surface area (Å²) in [6, 6.07) is 16.6. The number of benzene rings is 2. The van der Waals surface area contributed by atoms with Crippen LogP contribution in [0, 0.1) is 0 Å². The molecule has 1 heterocycles. The number of carbonyl (C=O) groups excluding carboxylic acids is 1. The summed E-state index contributed by atoms with van der Waals surface area (Å²) in [6.07, 6.45) is -0.0475. The highest BCUT2D eigenvalue weighted by atomic mass is 79.9. The van der Waals surface area contributed by atoms with E-state index in [0.29, 0.717) is 28.3 Å². The van der Waals surface area contributed by atoms with Gasteiger partial charge in [0.05, 0.1) is 41.9 Å². The van der Waals surface area contributed by atoms with Crippen LogP contribution in [0.15, 0.2) is 68.9 Å². The van der Waals surface area contributed by atoms with Gasteiger partial charge in [0, 0.05) is 4.47 Å². The number of para-hydroxylation sites is 1. The van der Waals surface area contributed by atoms with Crippen LogP contribution in [0.1, 0.15) is 18.2 Å². The van der Waals surface area contributed by atoms with Crippen LogP contribution < -0.4 is 5.56 Å². The Balaban J connectivity index is 2.11. The third-order valence-electron chi connectivity index (χ3n) is 4.01. The molecular formula is C20H18BrN3O3. The molecule has 0 spiro atoms. The quantitative estimate of drug-likeness (QED) is 0.497. The van der Waals surface area contributed by atoms with Crippen molar-refractivity contribution in [1.29, 1.82) is 0 Å². The maximum atomic E-state index is 13.0.